The molecule has 1 amide bonds. The minimum absolute atomic E-state index is 0.209. The van der Waals surface area contributed by atoms with E-state index in [1.165, 1.54) is 6.20 Å². The van der Waals surface area contributed by atoms with Gasteiger partial charge in [-0.25, -0.2) is 15.0 Å². The number of hydrogen-bond acceptors (Lipinski definition) is 7. The van der Waals surface area contributed by atoms with Crippen molar-refractivity contribution in [3.05, 3.63) is 42.0 Å². The van der Waals surface area contributed by atoms with Gasteiger partial charge in [-0.3, -0.25) is 4.79 Å². The number of carbonyl (C=O) groups excluding carboxylic acids is 1. The molecule has 3 atom stereocenters. The topological polar surface area (TPSA) is 137 Å². The second-order valence-electron chi connectivity index (χ2n) is 7.64. The summed E-state index contributed by atoms with van der Waals surface area (Å²) in [5.74, 6) is 0.194. The van der Waals surface area contributed by atoms with Crippen molar-refractivity contribution in [1.82, 2.24) is 19.9 Å². The number of primary amides is 1. The van der Waals surface area contributed by atoms with E-state index in [1.807, 2.05) is 12.3 Å². The third-order valence-corrected chi connectivity index (χ3v) is 5.93. The zero-order valence-corrected chi connectivity index (χ0v) is 15.7. The van der Waals surface area contributed by atoms with Crippen LogP contribution in [0.5, 0.6) is 0 Å². The summed E-state index contributed by atoms with van der Waals surface area (Å²) in [5, 5.41) is 13.4. The zero-order chi connectivity index (χ0) is 20.0. The summed E-state index contributed by atoms with van der Waals surface area (Å²) < 4.78 is 0. The van der Waals surface area contributed by atoms with E-state index in [0.717, 1.165) is 42.4 Å². The van der Waals surface area contributed by atoms with Crippen LogP contribution in [-0.4, -0.2) is 44.0 Å². The van der Waals surface area contributed by atoms with Crippen molar-refractivity contribution in [3.63, 3.8) is 0 Å². The molecule has 0 aliphatic carbocycles. The number of amides is 1. The number of aromatic nitrogens is 4. The Morgan fingerprint density at radius 3 is 2.59 bits per heavy atom. The molecule has 5 heterocycles. The highest BCUT2D eigenvalue weighted by molar-refractivity contribution is 6.06. The van der Waals surface area contributed by atoms with Crippen molar-refractivity contribution in [2.75, 3.05) is 10.2 Å². The van der Waals surface area contributed by atoms with Crippen molar-refractivity contribution in [3.8, 4) is 6.07 Å². The van der Waals surface area contributed by atoms with Crippen LogP contribution >= 0.6 is 0 Å². The number of nitrogens with two attached hydrogens (primary N) is 1. The van der Waals surface area contributed by atoms with E-state index in [4.69, 9.17) is 11.0 Å². The molecule has 2 saturated heterocycles. The molecule has 3 aromatic rings. The first-order valence-electron chi connectivity index (χ1n) is 9.67. The van der Waals surface area contributed by atoms with Gasteiger partial charge in [0.05, 0.1) is 29.2 Å². The fourth-order valence-electron chi connectivity index (χ4n) is 4.69. The van der Waals surface area contributed by atoms with Crippen molar-refractivity contribution >= 4 is 28.6 Å². The number of fused-ring (bicyclic) bond motifs is 3. The van der Waals surface area contributed by atoms with Crippen molar-refractivity contribution in [2.24, 2.45) is 5.73 Å². The summed E-state index contributed by atoms with van der Waals surface area (Å²) in [6.45, 7) is 0. The van der Waals surface area contributed by atoms with Crippen LogP contribution in [0.1, 0.15) is 41.6 Å². The average Bonchev–Trinajstić information content (AvgIpc) is 3.31. The van der Waals surface area contributed by atoms with Gasteiger partial charge in [0.25, 0.3) is 5.91 Å². The number of rotatable bonds is 4. The van der Waals surface area contributed by atoms with Crippen LogP contribution in [-0.2, 0) is 0 Å². The Labute approximate surface area is 167 Å². The van der Waals surface area contributed by atoms with Crippen molar-refractivity contribution in [1.29, 1.82) is 5.26 Å². The van der Waals surface area contributed by atoms with Crippen LogP contribution in [0.15, 0.2) is 30.9 Å². The summed E-state index contributed by atoms with van der Waals surface area (Å²) in [7, 11) is 0. The van der Waals surface area contributed by atoms with Gasteiger partial charge in [-0.15, -0.1) is 0 Å². The number of nitrogens with zero attached hydrogens (tertiary/aromatic N) is 5. The molecule has 2 fully saturated rings. The molecule has 4 N–H and O–H groups in total. The van der Waals surface area contributed by atoms with Crippen LogP contribution in [0.3, 0.4) is 0 Å². The SMILES string of the molecule is N#Cc1cnc(N2[C@@H]3CC[C@H]2CC(Nc2c(C(N)=O)cnc4[nH]ccc24)C3)nc1. The summed E-state index contributed by atoms with van der Waals surface area (Å²) >= 11 is 0. The fraction of sp³-hybridized carbons (Fsp3) is 0.350. The van der Waals surface area contributed by atoms with Crippen molar-refractivity contribution in [2.45, 2.75) is 43.8 Å². The third-order valence-electron chi connectivity index (χ3n) is 5.93. The van der Waals surface area contributed by atoms with Gasteiger partial charge in [0.2, 0.25) is 5.95 Å². The molecule has 0 spiro atoms. The Morgan fingerprint density at radius 2 is 1.93 bits per heavy atom. The number of pyridine rings is 1. The van der Waals surface area contributed by atoms with E-state index in [9.17, 15) is 4.79 Å². The molecule has 146 valence electrons. The molecule has 2 bridgehead atoms. The molecule has 9 nitrogen and oxygen atoms in total. The van der Waals surface area contributed by atoms with E-state index >= 15 is 0 Å². The average molecular weight is 388 g/mol. The predicted molar refractivity (Wildman–Crippen MR) is 107 cm³/mol. The van der Waals surface area contributed by atoms with Gasteiger partial charge in [0.15, 0.2) is 0 Å². The number of nitrogens with one attached hydrogen (secondary N) is 2. The minimum Gasteiger partial charge on any atom is -0.381 e. The first-order valence-corrected chi connectivity index (χ1v) is 9.67. The molecule has 5 rings (SSSR count). The molecule has 0 radical (unpaired) electrons. The lowest BCUT2D eigenvalue weighted by molar-refractivity contribution is 0.100. The molecule has 2 aliphatic heterocycles. The normalized spacial score (nSPS) is 23.1. The quantitative estimate of drug-likeness (QED) is 0.621. The minimum atomic E-state index is -0.491. The standard InChI is InChI=1S/C20H20N8O/c21-7-11-8-25-20(26-9-11)28-13-1-2-14(28)6-12(5-13)27-17-15-3-4-23-19(15)24-10-16(17)18(22)29/h3-4,8-10,12-14H,1-2,5-6H2,(H2,22,29)(H2,23,24,27)/t12?,13-,14+. The maximum atomic E-state index is 11.9. The maximum absolute atomic E-state index is 11.9. The highest BCUT2D eigenvalue weighted by atomic mass is 16.1. The molecule has 2 aliphatic rings. The van der Waals surface area contributed by atoms with E-state index in [1.54, 1.807) is 12.4 Å². The number of H-pyrrole nitrogens is 1. The highest BCUT2D eigenvalue weighted by Gasteiger charge is 2.42. The first-order chi connectivity index (χ1) is 14.1. The van der Waals surface area contributed by atoms with E-state index in [0.29, 0.717) is 29.2 Å². The molecule has 0 aromatic carbocycles. The van der Waals surface area contributed by atoms with Crippen LogP contribution in [0.2, 0.25) is 0 Å². The van der Waals surface area contributed by atoms with E-state index in [-0.39, 0.29) is 6.04 Å². The van der Waals surface area contributed by atoms with Gasteiger partial charge in [-0.2, -0.15) is 5.26 Å². The lowest BCUT2D eigenvalue weighted by Gasteiger charge is -2.39. The first kappa shape index (κ1) is 17.4. The number of hydrogen-bond donors (Lipinski definition) is 3. The van der Waals surface area contributed by atoms with Crippen LogP contribution in [0, 0.1) is 11.3 Å². The molecule has 1 unspecified atom stereocenters. The van der Waals surface area contributed by atoms with E-state index in [2.05, 4.69) is 36.2 Å². The second kappa shape index (κ2) is 6.74. The van der Waals surface area contributed by atoms with Gasteiger partial charge in [-0.05, 0) is 31.7 Å². The summed E-state index contributed by atoms with van der Waals surface area (Å²) in [6, 6.07) is 4.81. The van der Waals surface area contributed by atoms with E-state index < -0.39 is 5.91 Å². The smallest absolute Gasteiger partial charge is 0.252 e. The number of piperidine rings is 1. The Hall–Kier alpha value is -3.67. The summed E-state index contributed by atoms with van der Waals surface area (Å²) in [5.41, 5.74) is 7.93. The largest absolute Gasteiger partial charge is 0.381 e. The molecule has 0 saturated carbocycles. The molecule has 29 heavy (non-hydrogen) atoms. The number of aromatic amines is 1. The van der Waals surface area contributed by atoms with Gasteiger partial charge in [0, 0.05) is 35.9 Å². The lowest BCUT2D eigenvalue weighted by Crippen LogP contribution is -2.48. The molecular weight excluding hydrogens is 368 g/mol. The fourth-order valence-corrected chi connectivity index (χ4v) is 4.69. The molecular formula is C20H20N8O. The molecule has 9 heteroatoms. The lowest BCUT2D eigenvalue weighted by atomic mass is 9.96. The highest BCUT2D eigenvalue weighted by Crippen LogP contribution is 2.39. The van der Waals surface area contributed by atoms with Crippen molar-refractivity contribution < 1.29 is 4.79 Å². The van der Waals surface area contributed by atoms with Crippen LogP contribution < -0.4 is 16.0 Å². The summed E-state index contributed by atoms with van der Waals surface area (Å²) in [6.07, 6.45) is 10.4. The maximum Gasteiger partial charge on any atom is 0.252 e. The third kappa shape index (κ3) is 2.93. The Balaban J connectivity index is 1.40. The summed E-state index contributed by atoms with van der Waals surface area (Å²) in [4.78, 5) is 30.4. The monoisotopic (exact) mass is 388 g/mol. The zero-order valence-electron chi connectivity index (χ0n) is 15.7. The van der Waals surface area contributed by atoms with Gasteiger partial charge in [-0.1, -0.05) is 0 Å². The van der Waals surface area contributed by atoms with Gasteiger partial charge < -0.3 is 20.9 Å². The second-order valence-corrected chi connectivity index (χ2v) is 7.64. The van der Waals surface area contributed by atoms with Gasteiger partial charge in [0.1, 0.15) is 11.7 Å². The van der Waals surface area contributed by atoms with Gasteiger partial charge >= 0.3 is 0 Å². The Kier molecular flexibility index (Phi) is 4.05. The number of anilines is 2. The van der Waals surface area contributed by atoms with Crippen LogP contribution in [0.4, 0.5) is 11.6 Å². The Bertz CT molecular complexity index is 1100. The predicted octanol–water partition coefficient (Wildman–Crippen LogP) is 1.94. The van der Waals surface area contributed by atoms with Crippen LogP contribution in [0.25, 0.3) is 11.0 Å². The Morgan fingerprint density at radius 1 is 1.21 bits per heavy atom. The number of carbonyl (C=O) groups is 1. The molecule has 3 aromatic heterocycles. The number of nitriles is 1.